The zero-order valence-corrected chi connectivity index (χ0v) is 14.1. The van der Waals surface area contributed by atoms with Crippen molar-refractivity contribution >= 4 is 17.4 Å². The second-order valence-corrected chi connectivity index (χ2v) is 6.51. The lowest BCUT2D eigenvalue weighted by Gasteiger charge is -2.32. The summed E-state index contributed by atoms with van der Waals surface area (Å²) in [5, 5.41) is 0.590. The molecule has 0 radical (unpaired) electrons. The van der Waals surface area contributed by atoms with Crippen molar-refractivity contribution in [2.45, 2.75) is 6.54 Å². The van der Waals surface area contributed by atoms with Gasteiger partial charge in [-0.15, -0.1) is 0 Å². The number of halogens is 1. The number of rotatable bonds is 4. The van der Waals surface area contributed by atoms with E-state index in [2.05, 4.69) is 22.9 Å². The second kappa shape index (κ2) is 7.26. The van der Waals surface area contributed by atoms with Gasteiger partial charge in [0, 0.05) is 48.9 Å². The molecule has 3 nitrogen and oxygen atoms in total. The Morgan fingerprint density at radius 3 is 2.52 bits per heavy atom. The highest BCUT2D eigenvalue weighted by Crippen LogP contribution is 2.19. The van der Waals surface area contributed by atoms with Crippen LogP contribution in [0.4, 0.5) is 0 Å². The standard InChI is InChI=1S/C19H21ClN2O/c1-21-9-11-22(12-10-21)14-16-5-2-3-8-18(16)19(23)15-6-4-7-17(20)13-15/h2-8,13H,9-12,14H2,1H3. The lowest BCUT2D eigenvalue weighted by atomic mass is 9.98. The molecule has 3 rings (SSSR count). The average Bonchev–Trinajstić information content (AvgIpc) is 2.57. The third-order valence-electron chi connectivity index (χ3n) is 4.34. The molecule has 23 heavy (non-hydrogen) atoms. The zero-order valence-electron chi connectivity index (χ0n) is 13.3. The van der Waals surface area contributed by atoms with Gasteiger partial charge < -0.3 is 4.90 Å². The molecule has 2 aromatic rings. The minimum atomic E-state index is 0.0391. The number of hydrogen-bond donors (Lipinski definition) is 0. The van der Waals surface area contributed by atoms with E-state index in [0.717, 1.165) is 43.9 Å². The van der Waals surface area contributed by atoms with Gasteiger partial charge >= 0.3 is 0 Å². The normalized spacial score (nSPS) is 16.4. The number of ketones is 1. The molecular weight excluding hydrogens is 308 g/mol. The maximum Gasteiger partial charge on any atom is 0.193 e. The number of piperazine rings is 1. The van der Waals surface area contributed by atoms with Crippen molar-refractivity contribution in [2.75, 3.05) is 33.2 Å². The lowest BCUT2D eigenvalue weighted by molar-refractivity contribution is 0.103. The summed E-state index contributed by atoms with van der Waals surface area (Å²) >= 11 is 6.02. The van der Waals surface area contributed by atoms with Crippen molar-refractivity contribution < 1.29 is 4.79 Å². The van der Waals surface area contributed by atoms with Crippen LogP contribution in [0.25, 0.3) is 0 Å². The van der Waals surface area contributed by atoms with Crippen LogP contribution in [0.3, 0.4) is 0 Å². The smallest absolute Gasteiger partial charge is 0.193 e. The molecule has 0 saturated carbocycles. The summed E-state index contributed by atoms with van der Waals surface area (Å²) < 4.78 is 0. The van der Waals surface area contributed by atoms with Gasteiger partial charge in [0.05, 0.1) is 0 Å². The van der Waals surface area contributed by atoms with Gasteiger partial charge in [-0.3, -0.25) is 9.69 Å². The molecule has 1 aliphatic heterocycles. The highest BCUT2D eigenvalue weighted by molar-refractivity contribution is 6.31. The fourth-order valence-corrected chi connectivity index (χ4v) is 3.10. The summed E-state index contributed by atoms with van der Waals surface area (Å²) in [5.41, 5.74) is 2.50. The van der Waals surface area contributed by atoms with Crippen molar-refractivity contribution in [2.24, 2.45) is 0 Å². The van der Waals surface area contributed by atoms with E-state index in [9.17, 15) is 4.79 Å². The van der Waals surface area contributed by atoms with Crippen molar-refractivity contribution in [3.8, 4) is 0 Å². The molecule has 2 aromatic carbocycles. The highest BCUT2D eigenvalue weighted by Gasteiger charge is 2.18. The third-order valence-corrected chi connectivity index (χ3v) is 4.57. The van der Waals surface area contributed by atoms with E-state index >= 15 is 0 Å². The van der Waals surface area contributed by atoms with Gasteiger partial charge in [0.15, 0.2) is 5.78 Å². The molecule has 0 amide bonds. The molecule has 1 fully saturated rings. The molecule has 0 aliphatic carbocycles. The quantitative estimate of drug-likeness (QED) is 0.804. The average molecular weight is 329 g/mol. The molecule has 0 N–H and O–H groups in total. The third kappa shape index (κ3) is 3.99. The first kappa shape index (κ1) is 16.2. The number of benzene rings is 2. The van der Waals surface area contributed by atoms with Crippen molar-refractivity contribution in [1.29, 1.82) is 0 Å². The molecule has 4 heteroatoms. The van der Waals surface area contributed by atoms with Gasteiger partial charge in [-0.25, -0.2) is 0 Å². The fraction of sp³-hybridized carbons (Fsp3) is 0.316. The maximum atomic E-state index is 12.8. The molecule has 0 spiro atoms. The largest absolute Gasteiger partial charge is 0.304 e. The Hall–Kier alpha value is -1.68. The summed E-state index contributed by atoms with van der Waals surface area (Å²) in [4.78, 5) is 17.6. The van der Waals surface area contributed by atoms with Crippen molar-refractivity contribution in [3.63, 3.8) is 0 Å². The van der Waals surface area contributed by atoms with E-state index < -0.39 is 0 Å². The molecule has 0 atom stereocenters. The van der Waals surface area contributed by atoms with E-state index in [0.29, 0.717) is 10.6 Å². The Bertz CT molecular complexity index is 693. The number of carbonyl (C=O) groups is 1. The molecule has 1 saturated heterocycles. The molecule has 1 aliphatic rings. The Morgan fingerprint density at radius 1 is 1.04 bits per heavy atom. The maximum absolute atomic E-state index is 12.8. The topological polar surface area (TPSA) is 23.6 Å². The summed E-state index contributed by atoms with van der Waals surface area (Å²) in [7, 11) is 2.15. The number of nitrogens with zero attached hydrogens (tertiary/aromatic N) is 2. The number of carbonyl (C=O) groups excluding carboxylic acids is 1. The van der Waals surface area contributed by atoms with Gasteiger partial charge in [-0.1, -0.05) is 48.0 Å². The Labute approximate surface area is 142 Å². The van der Waals surface area contributed by atoms with Crippen LogP contribution in [0.1, 0.15) is 21.5 Å². The first-order valence-electron chi connectivity index (χ1n) is 7.92. The van der Waals surface area contributed by atoms with Gasteiger partial charge in [0.2, 0.25) is 0 Å². The van der Waals surface area contributed by atoms with E-state index in [4.69, 9.17) is 11.6 Å². The second-order valence-electron chi connectivity index (χ2n) is 6.08. The fourth-order valence-electron chi connectivity index (χ4n) is 2.91. The van der Waals surface area contributed by atoms with Gasteiger partial charge in [0.25, 0.3) is 0 Å². The van der Waals surface area contributed by atoms with Crippen LogP contribution in [0.2, 0.25) is 5.02 Å². The highest BCUT2D eigenvalue weighted by atomic mass is 35.5. The number of likely N-dealkylation sites (N-methyl/N-ethyl adjacent to an activating group) is 1. The Balaban J connectivity index is 1.81. The zero-order chi connectivity index (χ0) is 16.2. The van der Waals surface area contributed by atoms with Crippen LogP contribution in [0.5, 0.6) is 0 Å². The molecule has 1 heterocycles. The van der Waals surface area contributed by atoms with E-state index in [1.807, 2.05) is 30.3 Å². The van der Waals surface area contributed by atoms with Gasteiger partial charge in [-0.05, 0) is 24.7 Å². The lowest BCUT2D eigenvalue weighted by Crippen LogP contribution is -2.44. The van der Waals surface area contributed by atoms with E-state index in [1.165, 1.54) is 0 Å². The van der Waals surface area contributed by atoms with Crippen LogP contribution >= 0.6 is 11.6 Å². The molecule has 0 bridgehead atoms. The van der Waals surface area contributed by atoms with Crippen LogP contribution in [-0.2, 0) is 6.54 Å². The van der Waals surface area contributed by atoms with E-state index in [-0.39, 0.29) is 5.78 Å². The summed E-state index contributed by atoms with van der Waals surface area (Å²) in [6.45, 7) is 5.04. The summed E-state index contributed by atoms with van der Waals surface area (Å²) in [6.07, 6.45) is 0. The van der Waals surface area contributed by atoms with Gasteiger partial charge in [0.1, 0.15) is 0 Å². The Kier molecular flexibility index (Phi) is 5.11. The molecule has 120 valence electrons. The molecule has 0 aromatic heterocycles. The first-order chi connectivity index (χ1) is 11.1. The molecular formula is C19H21ClN2O. The first-order valence-corrected chi connectivity index (χ1v) is 8.30. The summed E-state index contributed by atoms with van der Waals surface area (Å²) in [5.74, 6) is 0.0391. The monoisotopic (exact) mass is 328 g/mol. The summed E-state index contributed by atoms with van der Waals surface area (Å²) in [6, 6.07) is 15.0. The van der Waals surface area contributed by atoms with E-state index in [1.54, 1.807) is 12.1 Å². The predicted molar refractivity (Wildman–Crippen MR) is 94.1 cm³/mol. The number of hydrogen-bond acceptors (Lipinski definition) is 3. The van der Waals surface area contributed by atoms with Gasteiger partial charge in [-0.2, -0.15) is 0 Å². The van der Waals surface area contributed by atoms with Crippen molar-refractivity contribution in [3.05, 3.63) is 70.2 Å². The van der Waals surface area contributed by atoms with Crippen LogP contribution in [0.15, 0.2) is 48.5 Å². The molecule has 0 unspecified atom stereocenters. The Morgan fingerprint density at radius 2 is 1.78 bits per heavy atom. The van der Waals surface area contributed by atoms with Crippen LogP contribution in [0, 0.1) is 0 Å². The minimum absolute atomic E-state index is 0.0391. The predicted octanol–water partition coefficient (Wildman–Crippen LogP) is 3.32. The van der Waals surface area contributed by atoms with Crippen molar-refractivity contribution in [1.82, 2.24) is 9.80 Å². The minimum Gasteiger partial charge on any atom is -0.304 e. The van der Waals surface area contributed by atoms with Crippen LogP contribution < -0.4 is 0 Å². The SMILES string of the molecule is CN1CCN(Cc2ccccc2C(=O)c2cccc(Cl)c2)CC1. The van der Waals surface area contributed by atoms with Crippen LogP contribution in [-0.4, -0.2) is 48.8 Å².